The van der Waals surface area contributed by atoms with Gasteiger partial charge in [0, 0.05) is 25.5 Å². The van der Waals surface area contributed by atoms with E-state index in [1.54, 1.807) is 7.11 Å². The van der Waals surface area contributed by atoms with Crippen LogP contribution < -0.4 is 0 Å². The molecule has 1 aliphatic heterocycles. The molecule has 0 fully saturated rings. The number of hydrogen-bond donors (Lipinski definition) is 0. The zero-order chi connectivity index (χ0) is 15.5. The van der Waals surface area contributed by atoms with Crippen LogP contribution >= 0.6 is 0 Å². The van der Waals surface area contributed by atoms with E-state index in [1.165, 1.54) is 0 Å². The van der Waals surface area contributed by atoms with Gasteiger partial charge in [-0.05, 0) is 18.2 Å². The molecule has 0 unspecified atom stereocenters. The van der Waals surface area contributed by atoms with Crippen LogP contribution in [0.25, 0.3) is 0 Å². The van der Waals surface area contributed by atoms with Gasteiger partial charge in [-0.3, -0.25) is 0 Å². The number of benzene rings is 1. The first-order valence-electron chi connectivity index (χ1n) is 6.67. The monoisotopic (exact) mass is 309 g/mol. The molecule has 0 amide bonds. The average molecular weight is 309 g/mol. The highest BCUT2D eigenvalue weighted by atomic mass is 19.1. The maximum atomic E-state index is 13.7. The molecule has 0 radical (unpaired) electrons. The molecule has 1 aromatic heterocycles. The highest BCUT2D eigenvalue weighted by Gasteiger charge is 2.30. The first kappa shape index (κ1) is 14.6. The molecule has 0 N–H and O–H groups in total. The topological polar surface area (TPSA) is 69.7 Å². The Hall–Kier alpha value is -2.35. The summed E-state index contributed by atoms with van der Waals surface area (Å²) in [6.07, 6.45) is 0.145. The van der Waals surface area contributed by atoms with Gasteiger partial charge in [0.05, 0.1) is 12.3 Å². The second-order valence-electron chi connectivity index (χ2n) is 4.75. The molecule has 2 aromatic rings. The van der Waals surface area contributed by atoms with Crippen molar-refractivity contribution in [1.29, 1.82) is 0 Å². The summed E-state index contributed by atoms with van der Waals surface area (Å²) in [5, 5.41) is 7.59. The van der Waals surface area contributed by atoms with Gasteiger partial charge in [0.2, 0.25) is 6.10 Å². The van der Waals surface area contributed by atoms with Crippen molar-refractivity contribution in [3.63, 3.8) is 0 Å². The minimum atomic E-state index is -0.596. The van der Waals surface area contributed by atoms with Gasteiger partial charge < -0.3 is 14.1 Å². The van der Waals surface area contributed by atoms with Gasteiger partial charge >= 0.3 is 0 Å². The summed E-state index contributed by atoms with van der Waals surface area (Å²) in [5.41, 5.74) is 0.375. The molecular formula is C14H13F2N3O3. The average Bonchev–Trinajstić information content (AvgIpc) is 3.16. The third kappa shape index (κ3) is 2.96. The smallest absolute Gasteiger partial charge is 0.270 e. The first-order valence-corrected chi connectivity index (χ1v) is 6.67. The minimum Gasteiger partial charge on any atom is -0.384 e. The second-order valence-corrected chi connectivity index (χ2v) is 4.75. The molecule has 2 heterocycles. The number of ether oxygens (including phenoxy) is 1. The van der Waals surface area contributed by atoms with Gasteiger partial charge in [-0.1, -0.05) is 10.3 Å². The summed E-state index contributed by atoms with van der Waals surface area (Å²) in [6, 6.07) is 3.18. The lowest BCUT2D eigenvalue weighted by atomic mass is 10.0. The highest BCUT2D eigenvalue weighted by molar-refractivity contribution is 6.01. The Morgan fingerprint density at radius 1 is 1.36 bits per heavy atom. The van der Waals surface area contributed by atoms with Crippen molar-refractivity contribution < 1.29 is 22.9 Å². The predicted octanol–water partition coefficient (Wildman–Crippen LogP) is 2.40. The van der Waals surface area contributed by atoms with Crippen molar-refractivity contribution in [3.05, 3.63) is 47.1 Å². The number of halogens is 2. The normalized spacial score (nSPS) is 17.4. The lowest BCUT2D eigenvalue weighted by molar-refractivity contribution is 0.0599. The van der Waals surface area contributed by atoms with Crippen LogP contribution in [0.1, 0.15) is 29.8 Å². The Labute approximate surface area is 124 Å². The van der Waals surface area contributed by atoms with E-state index in [0.29, 0.717) is 24.6 Å². The van der Waals surface area contributed by atoms with Crippen LogP contribution in [0, 0.1) is 11.6 Å². The number of aromatic nitrogens is 2. The summed E-state index contributed by atoms with van der Waals surface area (Å²) in [5.74, 6) is -0.356. The SMILES string of the molecule is COCCc1noc([C@H]2CC(c3cc(F)ccc3F)=NO2)n1. The largest absolute Gasteiger partial charge is 0.384 e. The molecule has 1 atom stereocenters. The predicted molar refractivity (Wildman–Crippen MR) is 71.2 cm³/mol. The van der Waals surface area contributed by atoms with E-state index in [-0.39, 0.29) is 17.9 Å². The van der Waals surface area contributed by atoms with Crippen LogP contribution in [0.3, 0.4) is 0 Å². The second kappa shape index (κ2) is 6.18. The molecule has 1 aromatic carbocycles. The third-order valence-corrected chi connectivity index (χ3v) is 3.20. The van der Waals surface area contributed by atoms with Crippen molar-refractivity contribution in [3.8, 4) is 0 Å². The maximum absolute atomic E-state index is 13.7. The molecule has 0 spiro atoms. The zero-order valence-electron chi connectivity index (χ0n) is 11.8. The number of oxime groups is 1. The lowest BCUT2D eigenvalue weighted by Crippen LogP contribution is -2.05. The van der Waals surface area contributed by atoms with Crippen LogP contribution in [0.15, 0.2) is 27.9 Å². The fraction of sp³-hybridized carbons (Fsp3) is 0.357. The van der Waals surface area contributed by atoms with E-state index >= 15 is 0 Å². The van der Waals surface area contributed by atoms with Crippen molar-refractivity contribution in [2.45, 2.75) is 18.9 Å². The van der Waals surface area contributed by atoms with E-state index < -0.39 is 17.7 Å². The van der Waals surface area contributed by atoms with Crippen LogP contribution in [0.2, 0.25) is 0 Å². The van der Waals surface area contributed by atoms with E-state index in [2.05, 4.69) is 15.3 Å². The van der Waals surface area contributed by atoms with Crippen molar-refractivity contribution in [2.75, 3.05) is 13.7 Å². The molecule has 0 saturated heterocycles. The van der Waals surface area contributed by atoms with Crippen LogP contribution in [-0.4, -0.2) is 29.6 Å². The molecule has 3 rings (SSSR count). The fourth-order valence-corrected chi connectivity index (χ4v) is 2.08. The molecular weight excluding hydrogens is 296 g/mol. The Kier molecular flexibility index (Phi) is 4.10. The highest BCUT2D eigenvalue weighted by Crippen LogP contribution is 2.29. The summed E-state index contributed by atoms with van der Waals surface area (Å²) in [7, 11) is 1.58. The fourth-order valence-electron chi connectivity index (χ4n) is 2.08. The molecule has 22 heavy (non-hydrogen) atoms. The van der Waals surface area contributed by atoms with Gasteiger partial charge in [0.15, 0.2) is 5.82 Å². The quantitative estimate of drug-likeness (QED) is 0.848. The number of hydrogen-bond acceptors (Lipinski definition) is 6. The Morgan fingerprint density at radius 3 is 3.05 bits per heavy atom. The summed E-state index contributed by atoms with van der Waals surface area (Å²) in [4.78, 5) is 9.36. The van der Waals surface area contributed by atoms with Gasteiger partial charge in [-0.25, -0.2) is 8.78 Å². The Balaban J connectivity index is 1.71. The van der Waals surface area contributed by atoms with E-state index in [1.807, 2.05) is 0 Å². The molecule has 0 aliphatic carbocycles. The molecule has 0 saturated carbocycles. The summed E-state index contributed by atoms with van der Waals surface area (Å²) in [6.45, 7) is 0.473. The van der Waals surface area contributed by atoms with E-state index in [9.17, 15) is 8.78 Å². The number of nitrogens with zero attached hydrogens (tertiary/aromatic N) is 3. The van der Waals surface area contributed by atoms with Gasteiger partial charge in [0.25, 0.3) is 5.89 Å². The molecule has 0 bridgehead atoms. The molecule has 116 valence electrons. The Morgan fingerprint density at radius 2 is 2.23 bits per heavy atom. The van der Waals surface area contributed by atoms with Crippen molar-refractivity contribution in [1.82, 2.24) is 10.1 Å². The van der Waals surface area contributed by atoms with Crippen molar-refractivity contribution in [2.24, 2.45) is 5.16 Å². The standard InChI is InChI=1S/C14H13F2N3O3/c1-20-5-4-13-17-14(22-19-13)12-7-11(18-21-12)9-6-8(15)2-3-10(9)16/h2-3,6,12H,4-5,7H2,1H3/t12-/m1/s1. The van der Waals surface area contributed by atoms with Crippen LogP contribution in [-0.2, 0) is 16.0 Å². The van der Waals surface area contributed by atoms with Gasteiger partial charge in [0.1, 0.15) is 11.6 Å². The van der Waals surface area contributed by atoms with E-state index in [0.717, 1.165) is 18.2 Å². The van der Waals surface area contributed by atoms with Gasteiger partial charge in [-0.2, -0.15) is 4.98 Å². The minimum absolute atomic E-state index is 0.0709. The van der Waals surface area contributed by atoms with E-state index in [4.69, 9.17) is 14.1 Å². The van der Waals surface area contributed by atoms with Crippen LogP contribution in [0.5, 0.6) is 0 Å². The molecule has 6 nitrogen and oxygen atoms in total. The first-order chi connectivity index (χ1) is 10.7. The number of rotatable bonds is 5. The lowest BCUT2D eigenvalue weighted by Gasteiger charge is -2.02. The van der Waals surface area contributed by atoms with Gasteiger partial charge in [-0.15, -0.1) is 0 Å². The van der Waals surface area contributed by atoms with Crippen molar-refractivity contribution >= 4 is 5.71 Å². The third-order valence-electron chi connectivity index (χ3n) is 3.20. The summed E-state index contributed by atoms with van der Waals surface area (Å²) >= 11 is 0. The summed E-state index contributed by atoms with van der Waals surface area (Å²) < 4.78 is 37.0. The molecule has 8 heteroatoms. The Bertz CT molecular complexity index is 702. The molecule has 1 aliphatic rings. The maximum Gasteiger partial charge on any atom is 0.270 e. The zero-order valence-corrected chi connectivity index (χ0v) is 11.8. The van der Waals surface area contributed by atoms with Crippen LogP contribution in [0.4, 0.5) is 8.78 Å². The number of methoxy groups -OCH3 is 1.